The third kappa shape index (κ3) is 3.66. The van der Waals surface area contributed by atoms with E-state index in [4.69, 9.17) is 10.5 Å². The lowest BCUT2D eigenvalue weighted by molar-refractivity contribution is 0.0597. The van der Waals surface area contributed by atoms with Crippen LogP contribution in [0.4, 0.5) is 5.69 Å². The van der Waals surface area contributed by atoms with Gasteiger partial charge in [0.05, 0.1) is 13.7 Å². The van der Waals surface area contributed by atoms with Crippen molar-refractivity contribution in [3.8, 4) is 5.75 Å². The number of methoxy groups -OCH3 is 1. The summed E-state index contributed by atoms with van der Waals surface area (Å²) in [5.74, 6) is 0.567. The number of benzene rings is 1. The fourth-order valence-corrected chi connectivity index (χ4v) is 1.39. The number of ether oxygens (including phenoxy) is 2. The number of rotatable bonds is 5. The third-order valence-electron chi connectivity index (χ3n) is 2.40. The summed E-state index contributed by atoms with van der Waals surface area (Å²) in [4.78, 5) is 11.6. The largest absolute Gasteiger partial charge is 0.493 e. The van der Waals surface area contributed by atoms with Gasteiger partial charge in [-0.15, -0.1) is 0 Å². The molecule has 17 heavy (non-hydrogen) atoms. The van der Waals surface area contributed by atoms with Crippen LogP contribution in [0.1, 0.15) is 30.6 Å². The lowest BCUT2D eigenvalue weighted by atomic mass is 10.1. The molecule has 0 aromatic heterocycles. The first-order valence-electron chi connectivity index (χ1n) is 5.65. The number of nitrogen functional groups attached to an aromatic ring is 1. The molecule has 0 aliphatic heterocycles. The maximum absolute atomic E-state index is 11.6. The van der Waals surface area contributed by atoms with Crippen LogP contribution in [0.5, 0.6) is 5.75 Å². The number of carbonyl (C=O) groups is 1. The van der Waals surface area contributed by atoms with Gasteiger partial charge < -0.3 is 15.2 Å². The summed E-state index contributed by atoms with van der Waals surface area (Å²) in [7, 11) is 1.33. The summed E-state index contributed by atoms with van der Waals surface area (Å²) in [5.41, 5.74) is 6.43. The Balaban J connectivity index is 2.83. The van der Waals surface area contributed by atoms with Gasteiger partial charge in [0, 0.05) is 5.69 Å². The van der Waals surface area contributed by atoms with E-state index < -0.39 is 5.97 Å². The van der Waals surface area contributed by atoms with Crippen LogP contribution in [-0.4, -0.2) is 19.7 Å². The van der Waals surface area contributed by atoms with Gasteiger partial charge in [-0.2, -0.15) is 0 Å². The fraction of sp³-hybridized carbons (Fsp3) is 0.462. The Bertz CT molecular complexity index is 388. The minimum atomic E-state index is -0.470. The minimum absolute atomic E-state index is 0.304. The highest BCUT2D eigenvalue weighted by Crippen LogP contribution is 2.25. The predicted molar refractivity (Wildman–Crippen MR) is 67.1 cm³/mol. The molecule has 0 spiro atoms. The van der Waals surface area contributed by atoms with E-state index in [1.807, 2.05) is 0 Å². The van der Waals surface area contributed by atoms with Crippen molar-refractivity contribution in [3.05, 3.63) is 23.8 Å². The van der Waals surface area contributed by atoms with Crippen molar-refractivity contribution in [2.24, 2.45) is 5.92 Å². The number of anilines is 1. The van der Waals surface area contributed by atoms with Crippen molar-refractivity contribution in [1.29, 1.82) is 0 Å². The van der Waals surface area contributed by atoms with Gasteiger partial charge >= 0.3 is 5.97 Å². The van der Waals surface area contributed by atoms with Gasteiger partial charge in [0.1, 0.15) is 11.3 Å². The van der Waals surface area contributed by atoms with Crippen molar-refractivity contribution >= 4 is 11.7 Å². The van der Waals surface area contributed by atoms with Gasteiger partial charge in [-0.05, 0) is 24.5 Å². The van der Waals surface area contributed by atoms with Crippen LogP contribution in [0.25, 0.3) is 0 Å². The molecule has 0 unspecified atom stereocenters. The molecular weight excluding hydrogens is 218 g/mol. The lowest BCUT2D eigenvalue weighted by Gasteiger charge is -2.12. The van der Waals surface area contributed by atoms with E-state index >= 15 is 0 Å². The highest BCUT2D eigenvalue weighted by molar-refractivity contribution is 5.98. The number of hydrogen-bond donors (Lipinski definition) is 1. The average Bonchev–Trinajstić information content (AvgIpc) is 2.28. The van der Waals surface area contributed by atoms with Crippen LogP contribution in [0, 0.1) is 5.92 Å². The number of esters is 1. The second kappa shape index (κ2) is 6.13. The van der Waals surface area contributed by atoms with Crippen LogP contribution in [0.3, 0.4) is 0 Å². The molecule has 1 rings (SSSR count). The van der Waals surface area contributed by atoms with Gasteiger partial charge in [0.2, 0.25) is 0 Å². The molecule has 0 saturated carbocycles. The van der Waals surface area contributed by atoms with Crippen LogP contribution < -0.4 is 10.5 Å². The lowest BCUT2D eigenvalue weighted by Crippen LogP contribution is -2.10. The second-order valence-electron chi connectivity index (χ2n) is 4.24. The first kappa shape index (κ1) is 13.4. The smallest absolute Gasteiger partial charge is 0.343 e. The molecule has 0 aliphatic carbocycles. The van der Waals surface area contributed by atoms with Crippen LogP contribution in [0.15, 0.2) is 18.2 Å². The van der Waals surface area contributed by atoms with Crippen LogP contribution in [-0.2, 0) is 4.74 Å². The first-order valence-corrected chi connectivity index (χ1v) is 5.65. The summed E-state index contributed by atoms with van der Waals surface area (Å²) in [5, 5.41) is 0. The van der Waals surface area contributed by atoms with Gasteiger partial charge in [-0.3, -0.25) is 0 Å². The van der Waals surface area contributed by atoms with Gasteiger partial charge in [0.15, 0.2) is 0 Å². The molecule has 0 aliphatic rings. The van der Waals surface area contributed by atoms with E-state index in [9.17, 15) is 4.79 Å². The topological polar surface area (TPSA) is 61.5 Å². The van der Waals surface area contributed by atoms with E-state index in [1.54, 1.807) is 18.2 Å². The van der Waals surface area contributed by atoms with Gasteiger partial charge in [0.25, 0.3) is 0 Å². The van der Waals surface area contributed by atoms with Gasteiger partial charge in [-0.25, -0.2) is 4.79 Å². The molecule has 2 N–H and O–H groups in total. The highest BCUT2D eigenvalue weighted by Gasteiger charge is 2.16. The van der Waals surface area contributed by atoms with Crippen molar-refractivity contribution in [1.82, 2.24) is 0 Å². The second-order valence-corrected chi connectivity index (χ2v) is 4.24. The molecule has 1 aromatic carbocycles. The highest BCUT2D eigenvalue weighted by atomic mass is 16.5. The Kier molecular flexibility index (Phi) is 4.82. The molecule has 0 radical (unpaired) electrons. The monoisotopic (exact) mass is 237 g/mol. The summed E-state index contributed by atoms with van der Waals surface area (Å²) in [6, 6.07) is 5.14. The maximum atomic E-state index is 11.6. The quantitative estimate of drug-likeness (QED) is 0.631. The molecule has 4 nitrogen and oxygen atoms in total. The Morgan fingerprint density at radius 3 is 2.71 bits per heavy atom. The van der Waals surface area contributed by atoms with Gasteiger partial charge in [-0.1, -0.05) is 19.9 Å². The van der Waals surface area contributed by atoms with Crippen LogP contribution >= 0.6 is 0 Å². The Morgan fingerprint density at radius 2 is 2.12 bits per heavy atom. The standard InChI is InChI=1S/C13H19NO3/c1-9(2)7-8-17-11-6-4-5-10(14)12(11)13(15)16-3/h4-6,9H,7-8,14H2,1-3H3. The molecule has 94 valence electrons. The van der Waals surface area contributed by atoms with E-state index in [0.29, 0.717) is 29.5 Å². The Labute approximate surface area is 102 Å². The van der Waals surface area contributed by atoms with E-state index in [2.05, 4.69) is 18.6 Å². The molecular formula is C13H19NO3. The summed E-state index contributed by atoms with van der Waals surface area (Å²) < 4.78 is 10.3. The molecule has 1 aromatic rings. The molecule has 0 fully saturated rings. The fourth-order valence-electron chi connectivity index (χ4n) is 1.39. The zero-order valence-corrected chi connectivity index (χ0v) is 10.5. The van der Waals surface area contributed by atoms with Crippen molar-refractivity contribution in [3.63, 3.8) is 0 Å². The molecule has 0 atom stereocenters. The van der Waals surface area contributed by atoms with Crippen molar-refractivity contribution < 1.29 is 14.3 Å². The van der Waals surface area contributed by atoms with E-state index in [0.717, 1.165) is 6.42 Å². The third-order valence-corrected chi connectivity index (χ3v) is 2.40. The Morgan fingerprint density at radius 1 is 1.41 bits per heavy atom. The van der Waals surface area contributed by atoms with Crippen molar-refractivity contribution in [2.75, 3.05) is 19.5 Å². The summed E-state index contributed by atoms with van der Waals surface area (Å²) in [6.45, 7) is 4.79. The molecule has 0 heterocycles. The van der Waals surface area contributed by atoms with Crippen LogP contribution in [0.2, 0.25) is 0 Å². The molecule has 4 heteroatoms. The maximum Gasteiger partial charge on any atom is 0.343 e. The predicted octanol–water partition coefficient (Wildman–Crippen LogP) is 2.48. The summed E-state index contributed by atoms with van der Waals surface area (Å²) in [6.07, 6.45) is 0.926. The molecule has 0 saturated heterocycles. The number of nitrogens with two attached hydrogens (primary N) is 1. The Hall–Kier alpha value is -1.71. The molecule has 0 bridgehead atoms. The van der Waals surface area contributed by atoms with E-state index in [1.165, 1.54) is 7.11 Å². The van der Waals surface area contributed by atoms with E-state index in [-0.39, 0.29) is 0 Å². The summed E-state index contributed by atoms with van der Waals surface area (Å²) >= 11 is 0. The number of hydrogen-bond acceptors (Lipinski definition) is 4. The zero-order valence-electron chi connectivity index (χ0n) is 10.5. The van der Waals surface area contributed by atoms with Crippen molar-refractivity contribution in [2.45, 2.75) is 20.3 Å². The number of carbonyl (C=O) groups excluding carboxylic acids is 1. The first-order chi connectivity index (χ1) is 8.06. The SMILES string of the molecule is COC(=O)c1c(N)cccc1OCCC(C)C. The molecule has 0 amide bonds. The average molecular weight is 237 g/mol. The minimum Gasteiger partial charge on any atom is -0.493 e. The zero-order chi connectivity index (χ0) is 12.8. The normalized spacial score (nSPS) is 10.4.